The lowest BCUT2D eigenvalue weighted by molar-refractivity contribution is 0.254. The molecule has 0 saturated carbocycles. The lowest BCUT2D eigenvalue weighted by Gasteiger charge is -2.34. The third-order valence-electron chi connectivity index (χ3n) is 7.23. The molecule has 0 radical (unpaired) electrons. The molecule has 10 heteroatoms. The zero-order chi connectivity index (χ0) is 28.2. The number of anilines is 2. The number of nitrogens with zero attached hydrogens (tertiary/aromatic N) is 3. The molecule has 2 amide bonds. The third-order valence-corrected chi connectivity index (χ3v) is 7.23. The van der Waals surface area contributed by atoms with Crippen LogP contribution in [0.25, 0.3) is 10.9 Å². The van der Waals surface area contributed by atoms with Gasteiger partial charge in [-0.1, -0.05) is 12.1 Å². The van der Waals surface area contributed by atoms with E-state index in [9.17, 15) is 14.0 Å². The number of benzene rings is 3. The van der Waals surface area contributed by atoms with Crippen LogP contribution in [0.4, 0.5) is 20.6 Å². The van der Waals surface area contributed by atoms with Gasteiger partial charge in [-0.15, -0.1) is 0 Å². The summed E-state index contributed by atoms with van der Waals surface area (Å²) in [6.45, 7) is 3.39. The number of aromatic nitrogens is 2. The van der Waals surface area contributed by atoms with Crippen molar-refractivity contribution < 1.29 is 18.7 Å². The van der Waals surface area contributed by atoms with Crippen LogP contribution in [0.2, 0.25) is 0 Å². The number of carbonyl (C=O) groups excluding carboxylic acids is 1. The van der Waals surface area contributed by atoms with Crippen LogP contribution in [-0.2, 0) is 0 Å². The summed E-state index contributed by atoms with van der Waals surface area (Å²) in [7, 11) is 3.06. The van der Waals surface area contributed by atoms with Gasteiger partial charge in [0, 0.05) is 17.8 Å². The molecule has 0 aliphatic carbocycles. The Morgan fingerprint density at radius 1 is 1.07 bits per heavy atom. The number of hydrogen-bond acceptors (Lipinski definition) is 6. The average molecular weight is 546 g/mol. The Balaban J connectivity index is 1.68. The second-order valence-corrected chi connectivity index (χ2v) is 9.66. The summed E-state index contributed by atoms with van der Waals surface area (Å²) in [6, 6.07) is 16.6. The molecule has 40 heavy (non-hydrogen) atoms. The van der Waals surface area contributed by atoms with Gasteiger partial charge in [0.25, 0.3) is 5.56 Å². The first kappa shape index (κ1) is 27.1. The van der Waals surface area contributed by atoms with E-state index in [0.717, 1.165) is 25.9 Å². The first-order valence-corrected chi connectivity index (χ1v) is 13.2. The highest BCUT2D eigenvalue weighted by Crippen LogP contribution is 2.38. The molecule has 1 unspecified atom stereocenters. The molecule has 1 atom stereocenters. The van der Waals surface area contributed by atoms with Crippen LogP contribution in [0.3, 0.4) is 0 Å². The normalized spacial score (nSPS) is 14.5. The molecule has 3 aromatic carbocycles. The van der Waals surface area contributed by atoms with E-state index in [1.807, 2.05) is 19.1 Å². The number of piperidine rings is 1. The Morgan fingerprint density at radius 3 is 2.50 bits per heavy atom. The molecule has 0 bridgehead atoms. The summed E-state index contributed by atoms with van der Waals surface area (Å²) < 4.78 is 26.3. The highest BCUT2D eigenvalue weighted by molar-refractivity contribution is 6.03. The van der Waals surface area contributed by atoms with E-state index >= 15 is 0 Å². The first-order chi connectivity index (χ1) is 19.4. The fourth-order valence-electron chi connectivity index (χ4n) is 5.19. The second-order valence-electron chi connectivity index (χ2n) is 9.66. The Kier molecular flexibility index (Phi) is 7.97. The number of rotatable bonds is 7. The van der Waals surface area contributed by atoms with Crippen LogP contribution >= 0.6 is 0 Å². The predicted octanol–water partition coefficient (Wildman–Crippen LogP) is 5.28. The Labute approximate surface area is 231 Å². The molecular weight excluding hydrogens is 513 g/mol. The first-order valence-electron chi connectivity index (χ1n) is 13.2. The van der Waals surface area contributed by atoms with E-state index in [0.29, 0.717) is 39.6 Å². The van der Waals surface area contributed by atoms with Crippen molar-refractivity contribution in [1.29, 1.82) is 0 Å². The van der Waals surface area contributed by atoms with Crippen LogP contribution < -0.4 is 30.6 Å². The van der Waals surface area contributed by atoms with E-state index in [2.05, 4.69) is 10.6 Å². The monoisotopic (exact) mass is 545 g/mol. The van der Waals surface area contributed by atoms with Gasteiger partial charge < -0.3 is 20.1 Å². The quantitative estimate of drug-likeness (QED) is 0.328. The molecule has 1 saturated heterocycles. The van der Waals surface area contributed by atoms with Gasteiger partial charge in [-0.25, -0.2) is 14.2 Å². The van der Waals surface area contributed by atoms with Crippen molar-refractivity contribution in [3.8, 4) is 11.5 Å². The van der Waals surface area contributed by atoms with Crippen molar-refractivity contribution in [2.75, 3.05) is 37.5 Å². The number of amides is 2. The number of nitrogens with one attached hydrogen (secondary N) is 2. The van der Waals surface area contributed by atoms with Crippen LogP contribution in [0.5, 0.6) is 11.5 Å². The molecule has 208 valence electrons. The number of halogens is 1. The predicted molar refractivity (Wildman–Crippen MR) is 153 cm³/mol. The van der Waals surface area contributed by atoms with E-state index in [1.165, 1.54) is 36.3 Å². The van der Waals surface area contributed by atoms with Gasteiger partial charge >= 0.3 is 6.03 Å². The molecule has 1 fully saturated rings. The molecule has 5 rings (SSSR count). The average Bonchev–Trinajstić information content (AvgIpc) is 2.99. The van der Waals surface area contributed by atoms with E-state index in [1.54, 1.807) is 42.0 Å². The van der Waals surface area contributed by atoms with Gasteiger partial charge in [-0.2, -0.15) is 0 Å². The lowest BCUT2D eigenvalue weighted by atomic mass is 10.0. The minimum absolute atomic E-state index is 0.0805. The third kappa shape index (κ3) is 5.35. The highest BCUT2D eigenvalue weighted by Gasteiger charge is 2.32. The molecule has 1 aromatic heterocycles. The number of ether oxygens (including phenoxy) is 2. The summed E-state index contributed by atoms with van der Waals surface area (Å²) in [5.41, 5.74) is 1.29. The largest absolute Gasteiger partial charge is 0.497 e. The van der Waals surface area contributed by atoms with Crippen molar-refractivity contribution in [2.45, 2.75) is 31.8 Å². The van der Waals surface area contributed by atoms with Crippen LogP contribution in [0.15, 0.2) is 71.5 Å². The highest BCUT2D eigenvalue weighted by atomic mass is 19.1. The second kappa shape index (κ2) is 11.7. The van der Waals surface area contributed by atoms with Crippen LogP contribution in [-0.4, -0.2) is 42.9 Å². The lowest BCUT2D eigenvalue weighted by Crippen LogP contribution is -2.42. The van der Waals surface area contributed by atoms with Crippen LogP contribution in [0, 0.1) is 5.82 Å². The van der Waals surface area contributed by atoms with Crippen molar-refractivity contribution in [3.63, 3.8) is 0 Å². The van der Waals surface area contributed by atoms with E-state index in [-0.39, 0.29) is 11.6 Å². The Hall–Kier alpha value is -4.44. The minimum atomic E-state index is -0.699. The minimum Gasteiger partial charge on any atom is -0.497 e. The topological polar surface area (TPSA) is 97.7 Å². The summed E-state index contributed by atoms with van der Waals surface area (Å²) in [6.07, 6.45) is 1.51. The Bertz CT molecular complexity index is 1570. The summed E-state index contributed by atoms with van der Waals surface area (Å²) in [5.74, 6) is 1.01. The molecule has 2 N–H and O–H groups in total. The van der Waals surface area contributed by atoms with Gasteiger partial charge in [0.1, 0.15) is 23.1 Å². The summed E-state index contributed by atoms with van der Waals surface area (Å²) >= 11 is 0. The summed E-state index contributed by atoms with van der Waals surface area (Å²) in [5, 5.41) is 6.73. The number of hydrogen-bond donors (Lipinski definition) is 2. The molecule has 1 aliphatic heterocycles. The SMILES string of the molecule is COc1ccc(N(C(=O)Nc2ccc(F)cc2)C(C)c2nc3ccccc3c(=O)n2C2CCNCC2)c(OC)c1. The van der Waals surface area contributed by atoms with Crippen molar-refractivity contribution in [2.24, 2.45) is 0 Å². The van der Waals surface area contributed by atoms with Gasteiger partial charge in [-0.05, 0) is 81.4 Å². The van der Waals surface area contributed by atoms with Gasteiger partial charge in [-0.3, -0.25) is 14.3 Å². The maximum Gasteiger partial charge on any atom is 0.327 e. The van der Waals surface area contributed by atoms with Crippen molar-refractivity contribution >= 4 is 28.3 Å². The molecular formula is C30H32FN5O4. The van der Waals surface area contributed by atoms with Crippen LogP contribution in [0.1, 0.15) is 37.7 Å². The maximum absolute atomic E-state index is 14.0. The fourth-order valence-corrected chi connectivity index (χ4v) is 5.19. The molecule has 2 heterocycles. The maximum atomic E-state index is 14.0. The Morgan fingerprint density at radius 2 is 1.80 bits per heavy atom. The van der Waals surface area contributed by atoms with Gasteiger partial charge in [0.05, 0.1) is 36.9 Å². The van der Waals surface area contributed by atoms with E-state index in [4.69, 9.17) is 14.5 Å². The number of carbonyl (C=O) groups is 1. The zero-order valence-electron chi connectivity index (χ0n) is 22.7. The number of fused-ring (bicyclic) bond motifs is 1. The number of urea groups is 1. The standard InChI is InChI=1S/C30H32FN5O4/c1-19(28-34-25-7-5-4-6-24(25)29(37)36(28)22-14-16-32-17-15-22)35(26-13-12-23(39-2)18-27(26)40-3)30(38)33-21-10-8-20(31)9-11-21/h4-13,18-19,22,32H,14-17H2,1-3H3,(H,33,38). The van der Waals surface area contributed by atoms with Gasteiger partial charge in [0.15, 0.2) is 0 Å². The number of para-hydroxylation sites is 1. The zero-order valence-corrected chi connectivity index (χ0v) is 22.7. The smallest absolute Gasteiger partial charge is 0.327 e. The molecule has 1 aliphatic rings. The fraction of sp³-hybridized carbons (Fsp3) is 0.300. The summed E-state index contributed by atoms with van der Waals surface area (Å²) in [4.78, 5) is 34.4. The van der Waals surface area contributed by atoms with Crippen molar-refractivity contribution in [1.82, 2.24) is 14.9 Å². The molecule has 9 nitrogen and oxygen atoms in total. The number of methoxy groups -OCH3 is 2. The molecule has 0 spiro atoms. The van der Waals surface area contributed by atoms with Gasteiger partial charge in [0.2, 0.25) is 0 Å². The van der Waals surface area contributed by atoms with E-state index < -0.39 is 17.9 Å². The van der Waals surface area contributed by atoms with Crippen molar-refractivity contribution in [3.05, 3.63) is 88.7 Å². The molecule has 4 aromatic rings.